The van der Waals surface area contributed by atoms with Gasteiger partial charge in [0.05, 0.1) is 12.8 Å². The Balaban J connectivity index is 1.85. The van der Waals surface area contributed by atoms with Crippen LogP contribution in [0.15, 0.2) is 54.6 Å². The van der Waals surface area contributed by atoms with E-state index >= 15 is 0 Å². The number of anilines is 1. The number of hydrogen-bond acceptors (Lipinski definition) is 3. The number of ether oxygens (including phenoxy) is 1. The summed E-state index contributed by atoms with van der Waals surface area (Å²) in [5.74, 6) is -0.200. The monoisotopic (exact) mass is 345 g/mol. The number of hydrazine groups is 1. The minimum absolute atomic E-state index is 0.0686. The van der Waals surface area contributed by atoms with Crippen LogP contribution in [-0.4, -0.2) is 18.1 Å². The van der Waals surface area contributed by atoms with Gasteiger partial charge in [-0.25, -0.2) is 4.39 Å². The molecule has 0 heterocycles. The van der Waals surface area contributed by atoms with Crippen molar-refractivity contribution in [3.05, 3.63) is 66.0 Å². The highest BCUT2D eigenvalue weighted by Gasteiger charge is 2.03. The number of nitrogens with one attached hydrogen (secondary N) is 3. The van der Waals surface area contributed by atoms with Crippen LogP contribution in [0.2, 0.25) is 0 Å². The average Bonchev–Trinajstić information content (AvgIpc) is 2.60. The van der Waals surface area contributed by atoms with Crippen LogP contribution in [0.25, 0.3) is 6.08 Å². The van der Waals surface area contributed by atoms with Crippen molar-refractivity contribution in [1.82, 2.24) is 10.9 Å². The number of amides is 1. The zero-order valence-electron chi connectivity index (χ0n) is 12.9. The Hall–Kier alpha value is -2.93. The van der Waals surface area contributed by atoms with Gasteiger partial charge in [-0.3, -0.25) is 15.6 Å². The molecule has 0 fully saturated rings. The van der Waals surface area contributed by atoms with Crippen LogP contribution in [0, 0.1) is 5.82 Å². The average molecular weight is 345 g/mol. The number of thiocarbonyl (C=S) groups is 1. The standard InChI is InChI=1S/C17H16FN3O2S/c1-23-15-9-5-2-6-12(15)10-11-16(22)20-21-17(24)19-14-8-4-3-7-13(14)18/h2-11H,1H3,(H,20,22)(H2,19,21,24)/b11-10+. The van der Waals surface area contributed by atoms with Crippen LogP contribution in [0.3, 0.4) is 0 Å². The van der Waals surface area contributed by atoms with Gasteiger partial charge in [-0.1, -0.05) is 30.3 Å². The lowest BCUT2D eigenvalue weighted by Crippen LogP contribution is -2.43. The van der Waals surface area contributed by atoms with Crippen molar-refractivity contribution in [2.24, 2.45) is 0 Å². The van der Waals surface area contributed by atoms with Crippen LogP contribution in [0.4, 0.5) is 10.1 Å². The molecule has 0 aliphatic rings. The van der Waals surface area contributed by atoms with Gasteiger partial charge in [0, 0.05) is 11.6 Å². The number of para-hydroxylation sites is 2. The third kappa shape index (κ3) is 5.06. The molecular formula is C17H16FN3O2S. The number of carbonyl (C=O) groups is 1. The Kier molecular flexibility index (Phi) is 6.27. The molecule has 0 aromatic heterocycles. The summed E-state index contributed by atoms with van der Waals surface area (Å²) in [5, 5.41) is 2.71. The first kappa shape index (κ1) is 17.4. The molecule has 3 N–H and O–H groups in total. The second-order valence-electron chi connectivity index (χ2n) is 4.62. The number of benzene rings is 2. The van der Waals surface area contributed by atoms with E-state index in [0.717, 1.165) is 5.56 Å². The van der Waals surface area contributed by atoms with Gasteiger partial charge < -0.3 is 10.1 Å². The van der Waals surface area contributed by atoms with Crippen molar-refractivity contribution >= 4 is 35.0 Å². The van der Waals surface area contributed by atoms with Crippen LogP contribution in [-0.2, 0) is 4.79 Å². The molecule has 2 aromatic carbocycles. The highest BCUT2D eigenvalue weighted by molar-refractivity contribution is 7.80. The molecule has 7 heteroatoms. The molecule has 0 spiro atoms. The van der Waals surface area contributed by atoms with Crippen molar-refractivity contribution < 1.29 is 13.9 Å². The number of halogens is 1. The fourth-order valence-electron chi connectivity index (χ4n) is 1.85. The van der Waals surface area contributed by atoms with Gasteiger partial charge in [0.1, 0.15) is 11.6 Å². The van der Waals surface area contributed by atoms with E-state index in [1.54, 1.807) is 31.4 Å². The smallest absolute Gasteiger partial charge is 0.262 e. The van der Waals surface area contributed by atoms with E-state index in [0.29, 0.717) is 5.75 Å². The molecule has 0 bridgehead atoms. The normalized spacial score (nSPS) is 10.2. The van der Waals surface area contributed by atoms with Gasteiger partial charge in [-0.2, -0.15) is 0 Å². The minimum Gasteiger partial charge on any atom is -0.496 e. The van der Waals surface area contributed by atoms with Crippen molar-refractivity contribution in [2.45, 2.75) is 0 Å². The minimum atomic E-state index is -0.441. The van der Waals surface area contributed by atoms with E-state index in [9.17, 15) is 9.18 Å². The lowest BCUT2D eigenvalue weighted by atomic mass is 10.2. The maximum Gasteiger partial charge on any atom is 0.262 e. The molecule has 0 aliphatic heterocycles. The summed E-state index contributed by atoms with van der Waals surface area (Å²) >= 11 is 4.98. The first-order valence-electron chi connectivity index (χ1n) is 7.02. The van der Waals surface area contributed by atoms with E-state index < -0.39 is 11.7 Å². The summed E-state index contributed by atoms with van der Waals surface area (Å²) in [5.41, 5.74) is 5.86. The van der Waals surface area contributed by atoms with Crippen molar-refractivity contribution in [1.29, 1.82) is 0 Å². The lowest BCUT2D eigenvalue weighted by molar-refractivity contribution is -0.116. The second kappa shape index (κ2) is 8.64. The van der Waals surface area contributed by atoms with Crippen LogP contribution in [0.1, 0.15) is 5.56 Å². The highest BCUT2D eigenvalue weighted by Crippen LogP contribution is 2.18. The number of hydrogen-bond donors (Lipinski definition) is 3. The first-order chi connectivity index (χ1) is 11.6. The van der Waals surface area contributed by atoms with E-state index in [4.69, 9.17) is 17.0 Å². The van der Waals surface area contributed by atoms with Crippen LogP contribution >= 0.6 is 12.2 Å². The Morgan fingerprint density at radius 2 is 1.83 bits per heavy atom. The van der Waals surface area contributed by atoms with Gasteiger partial charge >= 0.3 is 0 Å². The Morgan fingerprint density at radius 1 is 1.12 bits per heavy atom. The zero-order valence-corrected chi connectivity index (χ0v) is 13.7. The predicted molar refractivity (Wildman–Crippen MR) is 95.9 cm³/mol. The van der Waals surface area contributed by atoms with Crippen molar-refractivity contribution in [2.75, 3.05) is 12.4 Å². The van der Waals surface area contributed by atoms with E-state index in [1.807, 2.05) is 18.2 Å². The predicted octanol–water partition coefficient (Wildman–Crippen LogP) is 2.87. The van der Waals surface area contributed by atoms with Crippen molar-refractivity contribution in [3.8, 4) is 5.75 Å². The highest BCUT2D eigenvalue weighted by atomic mass is 32.1. The fraction of sp³-hybridized carbons (Fsp3) is 0.0588. The molecule has 124 valence electrons. The largest absolute Gasteiger partial charge is 0.496 e. The van der Waals surface area contributed by atoms with E-state index in [2.05, 4.69) is 16.2 Å². The molecular weight excluding hydrogens is 329 g/mol. The molecule has 2 rings (SSSR count). The maximum atomic E-state index is 13.5. The van der Waals surface area contributed by atoms with E-state index in [1.165, 1.54) is 18.2 Å². The summed E-state index contributed by atoms with van der Waals surface area (Å²) in [4.78, 5) is 11.8. The fourth-order valence-corrected chi connectivity index (χ4v) is 2.01. The van der Waals surface area contributed by atoms with Gasteiger partial charge in [-0.15, -0.1) is 0 Å². The molecule has 0 aliphatic carbocycles. The van der Waals surface area contributed by atoms with Crippen LogP contribution < -0.4 is 20.9 Å². The van der Waals surface area contributed by atoms with E-state index in [-0.39, 0.29) is 10.8 Å². The van der Waals surface area contributed by atoms with Gasteiger partial charge in [0.25, 0.3) is 5.91 Å². The summed E-state index contributed by atoms with van der Waals surface area (Å²) < 4.78 is 18.7. The summed E-state index contributed by atoms with van der Waals surface area (Å²) in [6.07, 6.45) is 2.94. The molecule has 24 heavy (non-hydrogen) atoms. The third-order valence-electron chi connectivity index (χ3n) is 2.97. The third-order valence-corrected chi connectivity index (χ3v) is 3.18. The lowest BCUT2D eigenvalue weighted by Gasteiger charge is -2.11. The van der Waals surface area contributed by atoms with Gasteiger partial charge in [0.2, 0.25) is 0 Å². The molecule has 0 atom stereocenters. The van der Waals surface area contributed by atoms with Crippen molar-refractivity contribution in [3.63, 3.8) is 0 Å². The quantitative estimate of drug-likeness (QED) is 0.452. The molecule has 0 saturated carbocycles. The molecule has 0 radical (unpaired) electrons. The number of methoxy groups -OCH3 is 1. The topological polar surface area (TPSA) is 62.4 Å². The molecule has 0 unspecified atom stereocenters. The molecule has 5 nitrogen and oxygen atoms in total. The summed E-state index contributed by atoms with van der Waals surface area (Å²) in [6.45, 7) is 0. The SMILES string of the molecule is COc1ccccc1/C=C/C(=O)NNC(=S)Nc1ccccc1F. The van der Waals surface area contributed by atoms with Crippen LogP contribution in [0.5, 0.6) is 5.75 Å². The molecule has 1 amide bonds. The Labute approximate surface area is 144 Å². The summed E-state index contributed by atoms with van der Waals surface area (Å²) in [7, 11) is 1.56. The molecule has 2 aromatic rings. The van der Waals surface area contributed by atoms with Gasteiger partial charge in [0.15, 0.2) is 5.11 Å². The molecule has 0 saturated heterocycles. The number of rotatable bonds is 4. The zero-order chi connectivity index (χ0) is 17.4. The number of carbonyl (C=O) groups excluding carboxylic acids is 1. The first-order valence-corrected chi connectivity index (χ1v) is 7.43. The Bertz CT molecular complexity index is 765. The second-order valence-corrected chi connectivity index (χ2v) is 5.03. The Morgan fingerprint density at radius 3 is 2.58 bits per heavy atom. The van der Waals surface area contributed by atoms with Gasteiger partial charge in [-0.05, 0) is 36.5 Å². The maximum absolute atomic E-state index is 13.5. The summed E-state index contributed by atoms with van der Waals surface area (Å²) in [6, 6.07) is 13.4.